The van der Waals surface area contributed by atoms with Crippen LogP contribution < -0.4 is 15.4 Å². The lowest BCUT2D eigenvalue weighted by molar-refractivity contribution is -0.122. The molecule has 4 aromatic rings. The van der Waals surface area contributed by atoms with E-state index in [2.05, 4.69) is 20.7 Å². The van der Waals surface area contributed by atoms with E-state index in [0.29, 0.717) is 22.1 Å². The zero-order valence-electron chi connectivity index (χ0n) is 16.6. The van der Waals surface area contributed by atoms with E-state index in [4.69, 9.17) is 4.74 Å². The van der Waals surface area contributed by atoms with Crippen LogP contribution in [0.4, 0.5) is 5.69 Å². The molecule has 156 valence electrons. The minimum absolute atomic E-state index is 0.0972. The molecule has 8 nitrogen and oxygen atoms in total. The Morgan fingerprint density at radius 1 is 1.13 bits per heavy atom. The quantitative estimate of drug-likeness (QED) is 0.466. The molecule has 0 unspecified atom stereocenters. The fourth-order valence-corrected chi connectivity index (χ4v) is 3.52. The SMILES string of the molecule is CNC(=O)COc1cccc(NC(=O)c2csc(-c3cnn(-c4ccccc4)c3)n2)c1. The van der Waals surface area contributed by atoms with Crippen molar-refractivity contribution in [1.29, 1.82) is 0 Å². The summed E-state index contributed by atoms with van der Waals surface area (Å²) >= 11 is 1.37. The van der Waals surface area contributed by atoms with Crippen LogP contribution in [0, 0.1) is 0 Å². The summed E-state index contributed by atoms with van der Waals surface area (Å²) in [6.45, 7) is -0.0972. The second-order valence-electron chi connectivity index (χ2n) is 6.49. The molecule has 2 amide bonds. The standard InChI is InChI=1S/C22H19N5O3S/c1-23-20(28)13-30-18-9-5-6-16(10-18)25-21(29)19-14-31-22(26-19)15-11-24-27(12-15)17-7-3-2-4-8-17/h2-12,14H,13H2,1H3,(H,23,28)(H,25,29). The molecule has 2 N–H and O–H groups in total. The van der Waals surface area contributed by atoms with Crippen molar-refractivity contribution in [3.8, 4) is 22.0 Å². The van der Waals surface area contributed by atoms with E-state index in [-0.39, 0.29) is 18.4 Å². The molecule has 0 spiro atoms. The average Bonchev–Trinajstić information content (AvgIpc) is 3.48. The van der Waals surface area contributed by atoms with Crippen LogP contribution >= 0.6 is 11.3 Å². The van der Waals surface area contributed by atoms with Crippen molar-refractivity contribution in [2.45, 2.75) is 0 Å². The molecule has 2 heterocycles. The molecular weight excluding hydrogens is 414 g/mol. The van der Waals surface area contributed by atoms with Gasteiger partial charge >= 0.3 is 0 Å². The van der Waals surface area contributed by atoms with E-state index in [1.54, 1.807) is 40.5 Å². The zero-order chi connectivity index (χ0) is 21.6. The monoisotopic (exact) mass is 433 g/mol. The molecule has 0 saturated heterocycles. The highest BCUT2D eigenvalue weighted by atomic mass is 32.1. The summed E-state index contributed by atoms with van der Waals surface area (Å²) in [4.78, 5) is 28.4. The van der Waals surface area contributed by atoms with Gasteiger partial charge in [0.05, 0.1) is 11.9 Å². The molecule has 0 atom stereocenters. The first-order valence-electron chi connectivity index (χ1n) is 9.43. The number of thiazole rings is 1. The van der Waals surface area contributed by atoms with Crippen molar-refractivity contribution in [3.63, 3.8) is 0 Å². The maximum absolute atomic E-state index is 12.6. The number of carbonyl (C=O) groups is 2. The fourth-order valence-electron chi connectivity index (χ4n) is 2.75. The van der Waals surface area contributed by atoms with Gasteiger partial charge in [-0.3, -0.25) is 9.59 Å². The van der Waals surface area contributed by atoms with Crippen molar-refractivity contribution in [2.24, 2.45) is 0 Å². The van der Waals surface area contributed by atoms with Crippen LogP contribution in [0.5, 0.6) is 5.75 Å². The molecule has 0 saturated carbocycles. The van der Waals surface area contributed by atoms with Gasteiger partial charge in [-0.1, -0.05) is 24.3 Å². The first kappa shape index (κ1) is 20.3. The van der Waals surface area contributed by atoms with Gasteiger partial charge < -0.3 is 15.4 Å². The number of rotatable bonds is 7. The highest BCUT2D eigenvalue weighted by Crippen LogP contribution is 2.25. The molecule has 0 bridgehead atoms. The molecule has 0 radical (unpaired) electrons. The summed E-state index contributed by atoms with van der Waals surface area (Å²) in [5.74, 6) is -0.0878. The van der Waals surface area contributed by atoms with E-state index in [1.807, 2.05) is 36.5 Å². The van der Waals surface area contributed by atoms with Gasteiger partial charge in [0, 0.05) is 35.9 Å². The van der Waals surface area contributed by atoms with Gasteiger partial charge in [0.25, 0.3) is 11.8 Å². The number of likely N-dealkylation sites (N-methyl/N-ethyl adjacent to an activating group) is 1. The zero-order valence-corrected chi connectivity index (χ0v) is 17.4. The fraction of sp³-hybridized carbons (Fsp3) is 0.0909. The van der Waals surface area contributed by atoms with Gasteiger partial charge in [0.15, 0.2) is 6.61 Å². The summed E-state index contributed by atoms with van der Waals surface area (Å²) in [6, 6.07) is 16.6. The third-order valence-corrected chi connectivity index (χ3v) is 5.22. The number of carbonyl (C=O) groups excluding carboxylic acids is 2. The number of hydrogen-bond donors (Lipinski definition) is 2. The smallest absolute Gasteiger partial charge is 0.275 e. The van der Waals surface area contributed by atoms with Crippen molar-refractivity contribution in [3.05, 3.63) is 78.1 Å². The van der Waals surface area contributed by atoms with Crippen molar-refractivity contribution in [2.75, 3.05) is 19.0 Å². The van der Waals surface area contributed by atoms with Gasteiger partial charge in [-0.25, -0.2) is 9.67 Å². The normalized spacial score (nSPS) is 10.5. The van der Waals surface area contributed by atoms with Crippen LogP contribution in [0.2, 0.25) is 0 Å². The number of amides is 2. The van der Waals surface area contributed by atoms with Gasteiger partial charge in [-0.15, -0.1) is 11.3 Å². The molecule has 0 aliphatic carbocycles. The predicted octanol–water partition coefficient (Wildman–Crippen LogP) is 3.37. The first-order valence-corrected chi connectivity index (χ1v) is 10.3. The number of anilines is 1. The minimum Gasteiger partial charge on any atom is -0.484 e. The molecular formula is C22H19N5O3S. The van der Waals surface area contributed by atoms with Crippen LogP contribution in [0.3, 0.4) is 0 Å². The van der Waals surface area contributed by atoms with E-state index in [9.17, 15) is 9.59 Å². The highest BCUT2D eigenvalue weighted by molar-refractivity contribution is 7.13. The average molecular weight is 433 g/mol. The van der Waals surface area contributed by atoms with E-state index in [1.165, 1.54) is 18.4 Å². The molecule has 9 heteroatoms. The number of para-hydroxylation sites is 1. The Bertz CT molecular complexity index is 1200. The Kier molecular flexibility index (Phi) is 6.04. The molecule has 0 aliphatic rings. The number of nitrogens with zero attached hydrogens (tertiary/aromatic N) is 3. The maximum atomic E-state index is 12.6. The van der Waals surface area contributed by atoms with Gasteiger partial charge in [0.2, 0.25) is 0 Å². The van der Waals surface area contributed by atoms with Gasteiger partial charge in [-0.2, -0.15) is 5.10 Å². The van der Waals surface area contributed by atoms with Gasteiger partial charge in [0.1, 0.15) is 16.5 Å². The van der Waals surface area contributed by atoms with Crippen LogP contribution in [-0.4, -0.2) is 40.2 Å². The van der Waals surface area contributed by atoms with Crippen molar-refractivity contribution >= 4 is 28.8 Å². The Balaban J connectivity index is 1.43. The molecule has 4 rings (SSSR count). The van der Waals surface area contributed by atoms with Crippen LogP contribution in [0.15, 0.2) is 72.4 Å². The minimum atomic E-state index is -0.332. The molecule has 0 aliphatic heterocycles. The van der Waals surface area contributed by atoms with E-state index in [0.717, 1.165) is 11.3 Å². The summed E-state index contributed by atoms with van der Waals surface area (Å²) in [5.41, 5.74) is 2.63. The topological polar surface area (TPSA) is 98.1 Å². The molecule has 2 aromatic heterocycles. The molecule has 0 fully saturated rings. The largest absolute Gasteiger partial charge is 0.484 e. The Labute approximate surface area is 182 Å². The number of ether oxygens (including phenoxy) is 1. The molecule has 2 aromatic carbocycles. The van der Waals surface area contributed by atoms with Crippen LogP contribution in [0.1, 0.15) is 10.5 Å². The number of hydrogen-bond acceptors (Lipinski definition) is 6. The van der Waals surface area contributed by atoms with Crippen LogP contribution in [-0.2, 0) is 4.79 Å². The second kappa shape index (κ2) is 9.23. The second-order valence-corrected chi connectivity index (χ2v) is 7.35. The highest BCUT2D eigenvalue weighted by Gasteiger charge is 2.14. The maximum Gasteiger partial charge on any atom is 0.275 e. The number of nitrogens with one attached hydrogen (secondary N) is 2. The Morgan fingerprint density at radius 2 is 1.97 bits per heavy atom. The Hall–Kier alpha value is -3.98. The summed E-state index contributed by atoms with van der Waals surface area (Å²) in [6.07, 6.45) is 3.60. The van der Waals surface area contributed by atoms with Crippen molar-refractivity contribution in [1.82, 2.24) is 20.1 Å². The van der Waals surface area contributed by atoms with Crippen LogP contribution in [0.25, 0.3) is 16.3 Å². The summed E-state index contributed by atoms with van der Waals surface area (Å²) < 4.78 is 7.17. The first-order chi connectivity index (χ1) is 15.1. The lowest BCUT2D eigenvalue weighted by Gasteiger charge is -2.08. The predicted molar refractivity (Wildman–Crippen MR) is 119 cm³/mol. The third-order valence-electron chi connectivity index (χ3n) is 4.33. The van der Waals surface area contributed by atoms with Crippen molar-refractivity contribution < 1.29 is 14.3 Å². The van der Waals surface area contributed by atoms with Gasteiger partial charge in [-0.05, 0) is 24.3 Å². The van der Waals surface area contributed by atoms with E-state index < -0.39 is 0 Å². The Morgan fingerprint density at radius 3 is 2.77 bits per heavy atom. The van der Waals surface area contributed by atoms with E-state index >= 15 is 0 Å². The molecule has 31 heavy (non-hydrogen) atoms. The third kappa shape index (κ3) is 4.96. The summed E-state index contributed by atoms with van der Waals surface area (Å²) in [5, 5.41) is 12.1. The number of aromatic nitrogens is 3. The number of benzene rings is 2. The summed E-state index contributed by atoms with van der Waals surface area (Å²) in [7, 11) is 1.54. The lowest BCUT2D eigenvalue weighted by atomic mass is 10.3. The lowest BCUT2D eigenvalue weighted by Crippen LogP contribution is -2.24.